The van der Waals surface area contributed by atoms with Crippen molar-refractivity contribution in [3.8, 4) is 11.1 Å². The second-order valence-electron chi connectivity index (χ2n) is 3.76. The number of aromatic amines is 1. The van der Waals surface area contributed by atoms with Gasteiger partial charge in [0.05, 0.1) is 13.0 Å². The standard InChI is InChI=1S/C14H15NO2/c1-2-17-14(16)9-13-8-12(10-15-13)11-6-4-3-5-7-11/h3-8,10,15H,2,9H2,1H3. The first kappa shape index (κ1) is 11.5. The van der Waals surface area contributed by atoms with Crippen molar-refractivity contribution < 1.29 is 9.53 Å². The lowest BCUT2D eigenvalue weighted by molar-refractivity contribution is -0.142. The Morgan fingerprint density at radius 2 is 2.00 bits per heavy atom. The number of aromatic nitrogens is 1. The highest BCUT2D eigenvalue weighted by Crippen LogP contribution is 2.19. The molecule has 88 valence electrons. The molecule has 0 saturated carbocycles. The molecule has 1 N–H and O–H groups in total. The fourth-order valence-corrected chi connectivity index (χ4v) is 1.71. The first-order valence-corrected chi connectivity index (χ1v) is 5.68. The molecule has 0 saturated heterocycles. The van der Waals surface area contributed by atoms with Crippen molar-refractivity contribution in [3.05, 3.63) is 48.3 Å². The summed E-state index contributed by atoms with van der Waals surface area (Å²) in [4.78, 5) is 14.4. The van der Waals surface area contributed by atoms with Crippen LogP contribution in [0, 0.1) is 0 Å². The predicted molar refractivity (Wildman–Crippen MR) is 66.6 cm³/mol. The summed E-state index contributed by atoms with van der Waals surface area (Å²) in [5, 5.41) is 0. The van der Waals surface area contributed by atoms with Crippen LogP contribution in [0.4, 0.5) is 0 Å². The van der Waals surface area contributed by atoms with Crippen molar-refractivity contribution in [2.24, 2.45) is 0 Å². The Bertz CT molecular complexity index is 488. The van der Waals surface area contributed by atoms with Gasteiger partial charge in [0.1, 0.15) is 0 Å². The van der Waals surface area contributed by atoms with Crippen LogP contribution in [0.15, 0.2) is 42.6 Å². The Labute approximate surface area is 100 Å². The average Bonchev–Trinajstić information content (AvgIpc) is 2.79. The predicted octanol–water partition coefficient (Wildman–Crippen LogP) is 2.79. The van der Waals surface area contributed by atoms with Gasteiger partial charge in [-0.05, 0) is 24.1 Å². The van der Waals surface area contributed by atoms with Gasteiger partial charge in [-0.1, -0.05) is 30.3 Å². The number of benzene rings is 1. The maximum Gasteiger partial charge on any atom is 0.311 e. The average molecular weight is 229 g/mol. The molecule has 1 heterocycles. The van der Waals surface area contributed by atoms with Crippen LogP contribution in [0.2, 0.25) is 0 Å². The molecule has 1 aromatic heterocycles. The SMILES string of the molecule is CCOC(=O)Cc1cc(-c2ccccc2)c[nH]1. The number of H-pyrrole nitrogens is 1. The molecule has 0 atom stereocenters. The molecule has 0 fully saturated rings. The van der Waals surface area contributed by atoms with E-state index in [0.29, 0.717) is 13.0 Å². The van der Waals surface area contributed by atoms with Crippen molar-refractivity contribution in [1.29, 1.82) is 0 Å². The molecule has 0 bridgehead atoms. The Balaban J connectivity index is 2.09. The lowest BCUT2D eigenvalue weighted by Crippen LogP contribution is -2.07. The van der Waals surface area contributed by atoms with E-state index in [9.17, 15) is 4.79 Å². The van der Waals surface area contributed by atoms with E-state index < -0.39 is 0 Å². The van der Waals surface area contributed by atoms with Gasteiger partial charge in [-0.15, -0.1) is 0 Å². The smallest absolute Gasteiger partial charge is 0.311 e. The zero-order valence-electron chi connectivity index (χ0n) is 9.77. The number of nitrogens with one attached hydrogen (secondary N) is 1. The maximum absolute atomic E-state index is 11.3. The fourth-order valence-electron chi connectivity index (χ4n) is 1.71. The molecule has 0 unspecified atom stereocenters. The lowest BCUT2D eigenvalue weighted by Gasteiger charge is -1.98. The summed E-state index contributed by atoms with van der Waals surface area (Å²) < 4.78 is 4.90. The molecule has 2 aromatic rings. The van der Waals surface area contributed by atoms with Gasteiger partial charge < -0.3 is 9.72 Å². The number of ether oxygens (including phenoxy) is 1. The van der Waals surface area contributed by atoms with Crippen LogP contribution in [-0.2, 0) is 16.0 Å². The Hall–Kier alpha value is -2.03. The normalized spacial score (nSPS) is 10.2. The summed E-state index contributed by atoms with van der Waals surface area (Å²) in [6.45, 7) is 2.23. The molecule has 0 spiro atoms. The molecular formula is C14H15NO2. The topological polar surface area (TPSA) is 42.1 Å². The minimum Gasteiger partial charge on any atom is -0.466 e. The molecule has 3 nitrogen and oxygen atoms in total. The molecule has 3 heteroatoms. The molecule has 17 heavy (non-hydrogen) atoms. The third-order valence-electron chi connectivity index (χ3n) is 2.49. The Morgan fingerprint density at radius 1 is 1.24 bits per heavy atom. The van der Waals surface area contributed by atoms with Gasteiger partial charge in [0.2, 0.25) is 0 Å². The molecule has 0 aliphatic carbocycles. The highest BCUT2D eigenvalue weighted by molar-refractivity contribution is 5.73. The van der Waals surface area contributed by atoms with Crippen molar-refractivity contribution in [2.75, 3.05) is 6.61 Å². The highest BCUT2D eigenvalue weighted by atomic mass is 16.5. The van der Waals surface area contributed by atoms with Crippen LogP contribution in [0.1, 0.15) is 12.6 Å². The van der Waals surface area contributed by atoms with Crippen LogP contribution in [0.5, 0.6) is 0 Å². The molecular weight excluding hydrogens is 214 g/mol. The van der Waals surface area contributed by atoms with E-state index in [1.54, 1.807) is 0 Å². The van der Waals surface area contributed by atoms with E-state index >= 15 is 0 Å². The molecule has 0 amide bonds. The van der Waals surface area contributed by atoms with Crippen molar-refractivity contribution in [3.63, 3.8) is 0 Å². The number of rotatable bonds is 4. The van der Waals surface area contributed by atoms with Crippen LogP contribution >= 0.6 is 0 Å². The van der Waals surface area contributed by atoms with Gasteiger partial charge in [-0.2, -0.15) is 0 Å². The second-order valence-corrected chi connectivity index (χ2v) is 3.76. The first-order valence-electron chi connectivity index (χ1n) is 5.68. The number of hydrogen-bond donors (Lipinski definition) is 1. The van der Waals surface area contributed by atoms with E-state index in [4.69, 9.17) is 4.74 Å². The summed E-state index contributed by atoms with van der Waals surface area (Å²) in [5.41, 5.74) is 3.10. The van der Waals surface area contributed by atoms with E-state index in [2.05, 4.69) is 4.98 Å². The van der Waals surface area contributed by atoms with E-state index in [1.807, 2.05) is 49.5 Å². The second kappa shape index (κ2) is 5.34. The van der Waals surface area contributed by atoms with E-state index in [1.165, 1.54) is 0 Å². The van der Waals surface area contributed by atoms with Gasteiger partial charge in [-0.25, -0.2) is 0 Å². The van der Waals surface area contributed by atoms with Gasteiger partial charge in [-0.3, -0.25) is 4.79 Å². The highest BCUT2D eigenvalue weighted by Gasteiger charge is 2.07. The van der Waals surface area contributed by atoms with Gasteiger partial charge >= 0.3 is 5.97 Å². The number of esters is 1. The molecule has 2 rings (SSSR count). The monoisotopic (exact) mass is 229 g/mol. The van der Waals surface area contributed by atoms with Crippen molar-refractivity contribution >= 4 is 5.97 Å². The van der Waals surface area contributed by atoms with Crippen LogP contribution in [0.25, 0.3) is 11.1 Å². The third kappa shape index (κ3) is 2.97. The van der Waals surface area contributed by atoms with Crippen LogP contribution in [-0.4, -0.2) is 17.6 Å². The zero-order valence-corrected chi connectivity index (χ0v) is 9.77. The quantitative estimate of drug-likeness (QED) is 0.819. The Kier molecular flexibility index (Phi) is 3.60. The number of hydrogen-bond acceptors (Lipinski definition) is 2. The minimum atomic E-state index is -0.200. The minimum absolute atomic E-state index is 0.200. The summed E-state index contributed by atoms with van der Waals surface area (Å²) in [7, 11) is 0. The molecule has 0 radical (unpaired) electrons. The van der Waals surface area contributed by atoms with Crippen molar-refractivity contribution in [2.45, 2.75) is 13.3 Å². The first-order chi connectivity index (χ1) is 8.29. The van der Waals surface area contributed by atoms with Crippen molar-refractivity contribution in [1.82, 2.24) is 4.98 Å². The lowest BCUT2D eigenvalue weighted by atomic mass is 10.1. The fraction of sp³-hybridized carbons (Fsp3) is 0.214. The summed E-state index contributed by atoms with van der Waals surface area (Å²) in [5.74, 6) is -0.200. The summed E-state index contributed by atoms with van der Waals surface area (Å²) in [6.07, 6.45) is 2.20. The number of carbonyl (C=O) groups is 1. The molecule has 1 aromatic carbocycles. The molecule has 0 aliphatic heterocycles. The van der Waals surface area contributed by atoms with Crippen LogP contribution < -0.4 is 0 Å². The van der Waals surface area contributed by atoms with Gasteiger partial charge in [0, 0.05) is 11.9 Å². The molecule has 0 aliphatic rings. The summed E-state index contributed by atoms with van der Waals surface area (Å²) in [6, 6.07) is 12.0. The largest absolute Gasteiger partial charge is 0.466 e. The number of carbonyl (C=O) groups excluding carboxylic acids is 1. The van der Waals surface area contributed by atoms with E-state index in [-0.39, 0.29) is 5.97 Å². The maximum atomic E-state index is 11.3. The Morgan fingerprint density at radius 3 is 2.71 bits per heavy atom. The van der Waals surface area contributed by atoms with E-state index in [0.717, 1.165) is 16.8 Å². The van der Waals surface area contributed by atoms with Gasteiger partial charge in [0.15, 0.2) is 0 Å². The summed E-state index contributed by atoms with van der Waals surface area (Å²) >= 11 is 0. The van der Waals surface area contributed by atoms with Gasteiger partial charge in [0.25, 0.3) is 0 Å². The third-order valence-corrected chi connectivity index (χ3v) is 2.49. The zero-order chi connectivity index (χ0) is 12.1. The van der Waals surface area contributed by atoms with Crippen LogP contribution in [0.3, 0.4) is 0 Å².